The van der Waals surface area contributed by atoms with Crippen molar-refractivity contribution in [3.05, 3.63) is 102 Å². The largest absolute Gasteiger partial charge is 0.362 e. The van der Waals surface area contributed by atoms with Crippen molar-refractivity contribution in [1.82, 2.24) is 0 Å². The molecule has 2 aliphatic heterocycles. The van der Waals surface area contributed by atoms with Crippen molar-refractivity contribution in [2.24, 2.45) is 5.92 Å². The van der Waals surface area contributed by atoms with Crippen molar-refractivity contribution in [3.8, 4) is 0 Å². The smallest absolute Gasteiger partial charge is 0.266 e. The summed E-state index contributed by atoms with van der Waals surface area (Å²) in [7, 11) is 0. The van der Waals surface area contributed by atoms with Crippen molar-refractivity contribution in [2.75, 3.05) is 5.32 Å². The number of halogens is 1. The molecule has 7 heteroatoms. The fourth-order valence-corrected chi connectivity index (χ4v) is 4.91. The van der Waals surface area contributed by atoms with Crippen LogP contribution in [0.3, 0.4) is 0 Å². The third-order valence-electron chi connectivity index (χ3n) is 6.60. The molecule has 5 rings (SSSR count). The molecule has 170 valence electrons. The highest BCUT2D eigenvalue weighted by Crippen LogP contribution is 2.76. The van der Waals surface area contributed by atoms with E-state index in [0.717, 1.165) is 0 Å². The first-order valence-electron chi connectivity index (χ1n) is 10.7. The number of carbonyl (C=O) groups is 1. The first-order chi connectivity index (χ1) is 15.7. The molecule has 0 aliphatic carbocycles. The molecular formula is C26H24FNO5. The number of fused-ring (bicyclic) bond motifs is 1. The van der Waals surface area contributed by atoms with Crippen LogP contribution in [0.5, 0.6) is 0 Å². The number of hydrogen-bond acceptors (Lipinski definition) is 5. The first kappa shape index (κ1) is 21.7. The van der Waals surface area contributed by atoms with Gasteiger partial charge < -0.3 is 25.0 Å². The van der Waals surface area contributed by atoms with Gasteiger partial charge in [0, 0.05) is 17.2 Å². The summed E-state index contributed by atoms with van der Waals surface area (Å²) in [6, 6.07) is 22.5. The molecule has 2 aliphatic rings. The quantitative estimate of drug-likeness (QED) is 0.518. The molecule has 0 radical (unpaired) electrons. The Labute approximate surface area is 190 Å². The van der Waals surface area contributed by atoms with Crippen LogP contribution < -0.4 is 5.32 Å². The zero-order chi connectivity index (χ0) is 23.5. The van der Waals surface area contributed by atoms with E-state index in [0.29, 0.717) is 11.3 Å². The van der Waals surface area contributed by atoms with Gasteiger partial charge in [-0.05, 0) is 29.8 Å². The zero-order valence-electron chi connectivity index (χ0n) is 18.2. The molecule has 3 aromatic rings. The molecule has 3 aromatic carbocycles. The number of aliphatic hydroxyl groups is 2. The first-order valence-corrected chi connectivity index (χ1v) is 10.7. The van der Waals surface area contributed by atoms with E-state index in [4.69, 9.17) is 9.47 Å². The SMILES string of the molecule is CC(C)[C@@]1(O)O[C@@](O)(c2ccc(F)cc2)[C@]2(c3ccccc3)O[C@]21C(=O)Nc1ccccc1. The molecule has 4 atom stereocenters. The van der Waals surface area contributed by atoms with E-state index in [-0.39, 0.29) is 5.56 Å². The van der Waals surface area contributed by atoms with E-state index < -0.39 is 40.4 Å². The Morgan fingerprint density at radius 1 is 0.848 bits per heavy atom. The predicted octanol–water partition coefficient (Wildman–Crippen LogP) is 3.65. The number of benzene rings is 3. The van der Waals surface area contributed by atoms with Crippen molar-refractivity contribution in [2.45, 2.75) is 36.6 Å². The van der Waals surface area contributed by atoms with Crippen molar-refractivity contribution in [3.63, 3.8) is 0 Å². The summed E-state index contributed by atoms with van der Waals surface area (Å²) in [6.45, 7) is 3.34. The Hall–Kier alpha value is -3.10. The van der Waals surface area contributed by atoms with Gasteiger partial charge in [-0.25, -0.2) is 4.39 Å². The van der Waals surface area contributed by atoms with Crippen LogP contribution in [-0.4, -0.2) is 27.5 Å². The maximum atomic E-state index is 13.8. The van der Waals surface area contributed by atoms with Gasteiger partial charge in [-0.3, -0.25) is 4.79 Å². The Bertz CT molecular complexity index is 1190. The molecular weight excluding hydrogens is 425 g/mol. The topological polar surface area (TPSA) is 91.3 Å². The summed E-state index contributed by atoms with van der Waals surface area (Å²) in [6.07, 6.45) is 0. The minimum Gasteiger partial charge on any atom is -0.362 e. The van der Waals surface area contributed by atoms with Gasteiger partial charge in [-0.2, -0.15) is 0 Å². The lowest BCUT2D eigenvalue weighted by Gasteiger charge is -2.37. The van der Waals surface area contributed by atoms with Gasteiger partial charge in [0.1, 0.15) is 5.82 Å². The Morgan fingerprint density at radius 2 is 1.42 bits per heavy atom. The normalized spacial score (nSPS) is 32.4. The number of anilines is 1. The van der Waals surface area contributed by atoms with Crippen LogP contribution in [-0.2, 0) is 25.7 Å². The average molecular weight is 449 g/mol. The van der Waals surface area contributed by atoms with E-state index >= 15 is 0 Å². The zero-order valence-corrected chi connectivity index (χ0v) is 18.2. The molecule has 0 bridgehead atoms. The number of amides is 1. The summed E-state index contributed by atoms with van der Waals surface area (Å²) in [5, 5.41) is 26.6. The maximum absolute atomic E-state index is 13.8. The number of carbonyl (C=O) groups excluding carboxylic acids is 1. The van der Waals surface area contributed by atoms with Crippen molar-refractivity contribution < 1.29 is 28.9 Å². The third-order valence-corrected chi connectivity index (χ3v) is 6.60. The van der Waals surface area contributed by atoms with Crippen LogP contribution in [0, 0.1) is 11.7 Å². The Kier molecular flexibility index (Phi) is 4.74. The van der Waals surface area contributed by atoms with Crippen LogP contribution in [0.1, 0.15) is 25.0 Å². The molecule has 6 nitrogen and oxygen atoms in total. The number of rotatable bonds is 5. The molecule has 33 heavy (non-hydrogen) atoms. The highest BCUT2D eigenvalue weighted by atomic mass is 19.1. The van der Waals surface area contributed by atoms with Crippen LogP contribution in [0.4, 0.5) is 10.1 Å². The van der Waals surface area contributed by atoms with Crippen LogP contribution >= 0.6 is 0 Å². The summed E-state index contributed by atoms with van der Waals surface area (Å²) >= 11 is 0. The molecule has 1 amide bonds. The molecule has 0 spiro atoms. The van der Waals surface area contributed by atoms with E-state index in [1.54, 1.807) is 68.4 Å². The highest BCUT2D eigenvalue weighted by Gasteiger charge is 2.97. The van der Waals surface area contributed by atoms with Crippen LogP contribution in [0.25, 0.3) is 0 Å². The van der Waals surface area contributed by atoms with E-state index in [9.17, 15) is 19.4 Å². The third kappa shape index (κ3) is 2.71. The van der Waals surface area contributed by atoms with E-state index in [2.05, 4.69) is 5.32 Å². The Morgan fingerprint density at radius 3 is 2.00 bits per heavy atom. The summed E-state index contributed by atoms with van der Waals surface area (Å²) < 4.78 is 25.9. The fourth-order valence-electron chi connectivity index (χ4n) is 4.91. The summed E-state index contributed by atoms with van der Waals surface area (Å²) in [5.74, 6) is -6.30. The minimum atomic E-state index is -2.28. The van der Waals surface area contributed by atoms with Crippen LogP contribution in [0.15, 0.2) is 84.9 Å². The van der Waals surface area contributed by atoms with E-state index in [1.807, 2.05) is 6.07 Å². The molecule has 0 aromatic heterocycles. The van der Waals surface area contributed by atoms with Gasteiger partial charge in [-0.15, -0.1) is 0 Å². The van der Waals surface area contributed by atoms with E-state index in [1.165, 1.54) is 24.3 Å². The molecule has 2 saturated heterocycles. The molecule has 2 heterocycles. The number of nitrogens with one attached hydrogen (secondary N) is 1. The predicted molar refractivity (Wildman–Crippen MR) is 118 cm³/mol. The van der Waals surface area contributed by atoms with Gasteiger partial charge in [0.25, 0.3) is 5.91 Å². The average Bonchev–Trinajstić information content (AvgIpc) is 3.50. The van der Waals surface area contributed by atoms with Gasteiger partial charge in [-0.1, -0.05) is 74.5 Å². The van der Waals surface area contributed by atoms with Gasteiger partial charge in [0.05, 0.1) is 0 Å². The number of hydrogen-bond donors (Lipinski definition) is 3. The van der Waals surface area contributed by atoms with Gasteiger partial charge >= 0.3 is 0 Å². The molecule has 2 fully saturated rings. The second-order valence-electron chi connectivity index (χ2n) is 8.75. The molecule has 3 N–H and O–H groups in total. The standard InChI is InChI=1S/C26H24FNO5/c1-17(2)25(30)24(22(29)28-21-11-7-4-8-12-21)23(32-24,18-9-5-3-6-10-18)26(31,33-25)19-13-15-20(27)16-14-19/h3-17,30-31H,1-2H3,(H,28,29)/t23-,24-,25-,26+/m1/s1. The molecule has 0 unspecified atom stereocenters. The molecule has 0 saturated carbocycles. The fraction of sp³-hybridized carbons (Fsp3) is 0.269. The lowest BCUT2D eigenvalue weighted by Crippen LogP contribution is -2.56. The number of epoxide rings is 1. The van der Waals surface area contributed by atoms with Gasteiger partial charge in [0.2, 0.25) is 17.2 Å². The van der Waals surface area contributed by atoms with Crippen molar-refractivity contribution >= 4 is 11.6 Å². The number of para-hydroxylation sites is 1. The summed E-state index contributed by atoms with van der Waals surface area (Å²) in [4.78, 5) is 13.8. The lowest BCUT2D eigenvalue weighted by atomic mass is 9.74. The van der Waals surface area contributed by atoms with Crippen molar-refractivity contribution in [1.29, 1.82) is 0 Å². The Balaban J connectivity index is 1.73. The second kappa shape index (κ2) is 7.20. The second-order valence-corrected chi connectivity index (χ2v) is 8.75. The maximum Gasteiger partial charge on any atom is 0.266 e. The van der Waals surface area contributed by atoms with Gasteiger partial charge in [0.15, 0.2) is 5.60 Å². The number of ether oxygens (including phenoxy) is 2. The summed E-state index contributed by atoms with van der Waals surface area (Å²) in [5.41, 5.74) is -2.67. The highest BCUT2D eigenvalue weighted by molar-refractivity contribution is 6.02. The minimum absolute atomic E-state index is 0.152. The van der Waals surface area contributed by atoms with Crippen LogP contribution in [0.2, 0.25) is 0 Å². The monoisotopic (exact) mass is 449 g/mol. The lowest BCUT2D eigenvalue weighted by molar-refractivity contribution is -0.366.